The minimum Gasteiger partial charge on any atom is -0.478 e. The number of benzene rings is 2. The highest BCUT2D eigenvalue weighted by atomic mass is 35.5. The summed E-state index contributed by atoms with van der Waals surface area (Å²) in [6.45, 7) is 3.12. The number of ether oxygens (including phenoxy) is 2. The third kappa shape index (κ3) is 8.11. The van der Waals surface area contributed by atoms with Gasteiger partial charge in [0, 0.05) is 50.7 Å². The Morgan fingerprint density at radius 3 is 2.40 bits per heavy atom. The number of likely N-dealkylation sites (tertiary alicyclic amines) is 1. The first kappa shape index (κ1) is 41.4. The largest absolute Gasteiger partial charge is 0.478 e. The molecule has 4 fully saturated rings. The fourth-order valence-electron chi connectivity index (χ4n) is 9.34. The van der Waals surface area contributed by atoms with Crippen LogP contribution >= 0.6 is 11.6 Å². The number of nitrogens with zero attached hydrogens (tertiary/aromatic N) is 6. The Hall–Kier alpha value is -5.91. The zero-order valence-electron chi connectivity index (χ0n) is 34.5. The van der Waals surface area contributed by atoms with Gasteiger partial charge in [-0.25, -0.2) is 4.98 Å². The van der Waals surface area contributed by atoms with Crippen molar-refractivity contribution in [2.24, 2.45) is 7.05 Å². The van der Waals surface area contributed by atoms with E-state index in [0.29, 0.717) is 45.2 Å². The lowest BCUT2D eigenvalue weighted by Gasteiger charge is -2.47. The number of aromatic nitrogens is 3. The molecular weight excluding hydrogens is 818 g/mol. The Bertz CT molecular complexity index is 2530. The summed E-state index contributed by atoms with van der Waals surface area (Å²) in [5, 5.41) is 9.12. The van der Waals surface area contributed by atoms with Crippen molar-refractivity contribution in [2.45, 2.75) is 81.6 Å². The quantitative estimate of drug-likeness (QED) is 0.185. The SMILES string of the molecule is CNC(=O)COc1cc2cc(Nc3nc(N4CCC(OC5CC(N6CCC(c7ccc8c(c7)C(=O)N(C7CCC(=O)NC7=O)C8=O)CC6)C5)CC4)ncc3Cl)ccc2n(C)c1=O. The molecule has 18 heteroatoms. The molecule has 1 aliphatic carbocycles. The molecule has 5 amide bonds. The molecule has 324 valence electrons. The third-order valence-corrected chi connectivity index (χ3v) is 13.3. The van der Waals surface area contributed by atoms with Crippen molar-refractivity contribution in [3.8, 4) is 5.75 Å². The van der Waals surface area contributed by atoms with Gasteiger partial charge in [0.2, 0.25) is 17.8 Å². The first-order valence-electron chi connectivity index (χ1n) is 21.2. The number of anilines is 3. The normalized spacial score (nSPS) is 22.4. The van der Waals surface area contributed by atoms with Gasteiger partial charge in [0.15, 0.2) is 18.2 Å². The second-order valence-corrected chi connectivity index (χ2v) is 17.1. The van der Waals surface area contributed by atoms with E-state index in [9.17, 15) is 28.8 Å². The van der Waals surface area contributed by atoms with Crippen LogP contribution in [0.5, 0.6) is 5.75 Å². The number of halogens is 1. The number of imide groups is 2. The standard InChI is InChI=1S/C44H48ClN9O8/c1-46-38(56)23-61-36-19-26-17-27(4-6-34(26)51(2)43(36)60)48-39-33(45)22-47-44(50-39)53-15-11-29(12-16-53)62-30-20-28(21-30)52-13-9-24(10-14-52)25-3-5-31-32(18-25)42(59)54(41(31)58)35-7-8-37(55)49-40(35)57/h3-6,17-19,22,24,28-30,35H,7-16,20-21,23H2,1-2H3,(H,46,56)(H,47,48,50)(H,49,55,57). The Morgan fingerprint density at radius 1 is 0.903 bits per heavy atom. The van der Waals surface area contributed by atoms with Crippen LogP contribution < -0.4 is 31.1 Å². The predicted molar refractivity (Wildman–Crippen MR) is 229 cm³/mol. The van der Waals surface area contributed by atoms with E-state index in [0.717, 1.165) is 80.6 Å². The number of hydrogen-bond acceptors (Lipinski definition) is 13. The fourth-order valence-corrected chi connectivity index (χ4v) is 9.47. The first-order chi connectivity index (χ1) is 29.9. The van der Waals surface area contributed by atoms with E-state index in [1.807, 2.05) is 30.3 Å². The van der Waals surface area contributed by atoms with Gasteiger partial charge in [-0.2, -0.15) is 4.98 Å². The van der Waals surface area contributed by atoms with E-state index in [4.69, 9.17) is 26.1 Å². The molecule has 5 aliphatic rings. The van der Waals surface area contributed by atoms with E-state index in [-0.39, 0.29) is 54.8 Å². The van der Waals surface area contributed by atoms with Crippen molar-refractivity contribution in [3.63, 3.8) is 0 Å². The molecule has 6 heterocycles. The highest BCUT2D eigenvalue weighted by Crippen LogP contribution is 2.38. The molecule has 0 bridgehead atoms. The van der Waals surface area contributed by atoms with Crippen LogP contribution in [-0.4, -0.2) is 118 Å². The number of rotatable bonds is 11. The summed E-state index contributed by atoms with van der Waals surface area (Å²) in [5.74, 6) is -0.913. The van der Waals surface area contributed by atoms with Gasteiger partial charge in [-0.15, -0.1) is 0 Å². The summed E-state index contributed by atoms with van der Waals surface area (Å²) < 4.78 is 13.6. The van der Waals surface area contributed by atoms with Crippen molar-refractivity contribution in [3.05, 3.63) is 80.7 Å². The Balaban J connectivity index is 0.735. The van der Waals surface area contributed by atoms with E-state index < -0.39 is 29.7 Å². The number of aryl methyl sites for hydroxylation is 1. The van der Waals surface area contributed by atoms with Crippen molar-refractivity contribution >= 4 is 69.5 Å². The predicted octanol–water partition coefficient (Wildman–Crippen LogP) is 3.65. The van der Waals surface area contributed by atoms with E-state index >= 15 is 0 Å². The van der Waals surface area contributed by atoms with Gasteiger partial charge in [0.25, 0.3) is 23.3 Å². The Labute approximate surface area is 362 Å². The maximum absolute atomic E-state index is 13.4. The highest BCUT2D eigenvalue weighted by molar-refractivity contribution is 6.33. The topological polar surface area (TPSA) is 197 Å². The molecule has 1 atom stereocenters. The summed E-state index contributed by atoms with van der Waals surface area (Å²) in [6.07, 6.45) is 7.82. The van der Waals surface area contributed by atoms with Crippen molar-refractivity contribution in [1.82, 2.24) is 35.0 Å². The van der Waals surface area contributed by atoms with Gasteiger partial charge in [-0.05, 0) is 106 Å². The molecular formula is C44H48ClN9O8. The number of fused-ring (bicyclic) bond motifs is 2. The number of nitrogens with one attached hydrogen (secondary N) is 3. The number of piperidine rings is 3. The lowest BCUT2D eigenvalue weighted by atomic mass is 9.83. The Morgan fingerprint density at radius 2 is 1.66 bits per heavy atom. The molecule has 4 aliphatic heterocycles. The lowest BCUT2D eigenvalue weighted by Crippen LogP contribution is -2.54. The molecule has 2 aromatic heterocycles. The Kier molecular flexibility index (Phi) is 11.4. The molecule has 3 N–H and O–H groups in total. The second kappa shape index (κ2) is 17.1. The van der Waals surface area contributed by atoms with Gasteiger partial charge in [-0.1, -0.05) is 17.7 Å². The van der Waals surface area contributed by atoms with Crippen LogP contribution in [-0.2, 0) is 26.2 Å². The molecule has 2 aromatic carbocycles. The third-order valence-electron chi connectivity index (χ3n) is 13.0. The van der Waals surface area contributed by atoms with Crippen LogP contribution in [0.25, 0.3) is 10.9 Å². The maximum Gasteiger partial charge on any atom is 0.293 e. The van der Waals surface area contributed by atoms with E-state index in [1.165, 1.54) is 11.6 Å². The number of carbonyl (C=O) groups is 5. The van der Waals surface area contributed by atoms with Crippen LogP contribution in [0, 0.1) is 0 Å². The fraction of sp³-hybridized carbons (Fsp3) is 0.455. The number of likely N-dealkylation sites (N-methyl/N-ethyl adjacent to an activating group) is 1. The first-order valence-corrected chi connectivity index (χ1v) is 21.6. The van der Waals surface area contributed by atoms with Gasteiger partial charge in [0.05, 0.1) is 35.0 Å². The molecule has 9 rings (SSSR count). The highest BCUT2D eigenvalue weighted by Gasteiger charge is 2.45. The number of carbonyl (C=O) groups excluding carboxylic acids is 5. The lowest BCUT2D eigenvalue weighted by molar-refractivity contribution is -0.136. The van der Waals surface area contributed by atoms with Gasteiger partial charge < -0.3 is 34.5 Å². The summed E-state index contributed by atoms with van der Waals surface area (Å²) in [7, 11) is 3.16. The number of pyridine rings is 1. The number of amides is 5. The average molecular weight is 866 g/mol. The minimum absolute atomic E-state index is 0.0723. The second-order valence-electron chi connectivity index (χ2n) is 16.7. The van der Waals surface area contributed by atoms with Crippen LogP contribution in [0.1, 0.15) is 83.6 Å². The van der Waals surface area contributed by atoms with Crippen molar-refractivity contribution < 1.29 is 33.4 Å². The van der Waals surface area contributed by atoms with E-state index in [1.54, 1.807) is 25.4 Å². The van der Waals surface area contributed by atoms with Gasteiger partial charge in [0.1, 0.15) is 11.1 Å². The van der Waals surface area contributed by atoms with Crippen LogP contribution in [0.4, 0.5) is 17.5 Å². The van der Waals surface area contributed by atoms with E-state index in [2.05, 4.69) is 30.7 Å². The summed E-state index contributed by atoms with van der Waals surface area (Å²) in [5.41, 5.74) is 2.74. The number of hydrogen-bond donors (Lipinski definition) is 3. The minimum atomic E-state index is -0.969. The van der Waals surface area contributed by atoms with Crippen molar-refractivity contribution in [1.29, 1.82) is 0 Å². The molecule has 1 unspecified atom stereocenters. The molecule has 0 spiro atoms. The van der Waals surface area contributed by atoms with Crippen LogP contribution in [0.2, 0.25) is 5.02 Å². The van der Waals surface area contributed by atoms with Gasteiger partial charge in [-0.3, -0.25) is 39.0 Å². The molecule has 0 radical (unpaired) electrons. The maximum atomic E-state index is 13.4. The van der Waals surface area contributed by atoms with Gasteiger partial charge >= 0.3 is 0 Å². The summed E-state index contributed by atoms with van der Waals surface area (Å²) in [4.78, 5) is 90.1. The zero-order valence-corrected chi connectivity index (χ0v) is 35.3. The molecule has 17 nitrogen and oxygen atoms in total. The molecule has 62 heavy (non-hydrogen) atoms. The van der Waals surface area contributed by atoms with Crippen molar-refractivity contribution in [2.75, 3.05) is 50.1 Å². The zero-order chi connectivity index (χ0) is 43.2. The molecule has 4 aromatic rings. The average Bonchev–Trinajstić information content (AvgIpc) is 3.51. The molecule has 1 saturated carbocycles. The van der Waals surface area contributed by atoms with Crippen LogP contribution in [0.15, 0.2) is 53.5 Å². The molecule has 3 saturated heterocycles. The summed E-state index contributed by atoms with van der Waals surface area (Å²) >= 11 is 6.55. The summed E-state index contributed by atoms with van der Waals surface area (Å²) in [6, 6.07) is 12.1. The van der Waals surface area contributed by atoms with Crippen LogP contribution in [0.3, 0.4) is 0 Å². The monoisotopic (exact) mass is 865 g/mol. The smallest absolute Gasteiger partial charge is 0.293 e.